The Morgan fingerprint density at radius 1 is 1.38 bits per heavy atom. The average Bonchev–Trinajstić information content (AvgIpc) is 2.49. The van der Waals surface area contributed by atoms with Crippen molar-refractivity contribution < 1.29 is 4.79 Å². The summed E-state index contributed by atoms with van der Waals surface area (Å²) in [5.74, 6) is 0.766. The van der Waals surface area contributed by atoms with Crippen LogP contribution >= 0.6 is 0 Å². The molecule has 2 heterocycles. The molecule has 0 unspecified atom stereocenters. The Kier molecular flexibility index (Phi) is 6.53. The molecule has 0 aliphatic rings. The van der Waals surface area contributed by atoms with Crippen molar-refractivity contribution in [3.05, 3.63) is 36.3 Å². The van der Waals surface area contributed by atoms with E-state index in [1.54, 1.807) is 6.20 Å². The Bertz CT molecular complexity index is 613. The third-order valence-electron chi connectivity index (χ3n) is 2.61. The van der Waals surface area contributed by atoms with Gasteiger partial charge in [-0.2, -0.15) is 0 Å². The van der Waals surface area contributed by atoms with Crippen LogP contribution in [0.25, 0.3) is 11.1 Å². The molecule has 0 atom stereocenters. The highest BCUT2D eigenvalue weighted by Crippen LogP contribution is 2.28. The van der Waals surface area contributed by atoms with Crippen LogP contribution in [0, 0.1) is 6.92 Å². The summed E-state index contributed by atoms with van der Waals surface area (Å²) in [5, 5.41) is 3.16. The van der Waals surface area contributed by atoms with Gasteiger partial charge in [0.25, 0.3) is 0 Å². The number of anilines is 1. The highest BCUT2D eigenvalue weighted by atomic mass is 16.1. The van der Waals surface area contributed by atoms with Gasteiger partial charge in [0.05, 0.1) is 0 Å². The first-order valence-corrected chi connectivity index (χ1v) is 6.45. The highest BCUT2D eigenvalue weighted by molar-refractivity contribution is 5.73. The van der Waals surface area contributed by atoms with E-state index in [2.05, 4.69) is 32.7 Å². The number of amides is 1. The number of nitrogens with one attached hydrogen (secondary N) is 1. The number of nitrogens with zero attached hydrogens (tertiary/aromatic N) is 3. The predicted octanol–water partition coefficient (Wildman–Crippen LogP) is 2.32. The molecule has 2 rings (SSSR count). The molecule has 6 heteroatoms. The number of carbonyl (C=O) groups excluding carboxylic acids is 1. The van der Waals surface area contributed by atoms with Gasteiger partial charge in [-0.25, -0.2) is 4.98 Å². The fourth-order valence-corrected chi connectivity index (χ4v) is 1.76. The monoisotopic (exact) mass is 285 g/mol. The molecule has 0 fully saturated rings. The van der Waals surface area contributed by atoms with Gasteiger partial charge < -0.3 is 11.1 Å². The molecule has 1 amide bonds. The number of aliphatic imine (C=N–C) groups is 1. The summed E-state index contributed by atoms with van der Waals surface area (Å²) in [6.07, 6.45) is 3.88. The first kappa shape index (κ1) is 16.3. The number of hydrogen-bond acceptors (Lipinski definition) is 5. The Balaban J connectivity index is 0.000000677. The van der Waals surface area contributed by atoms with Gasteiger partial charge in [0.2, 0.25) is 6.41 Å². The van der Waals surface area contributed by atoms with Crippen LogP contribution in [0.4, 0.5) is 11.5 Å². The summed E-state index contributed by atoms with van der Waals surface area (Å²) < 4.78 is 0. The lowest BCUT2D eigenvalue weighted by Crippen LogP contribution is -1.99. The number of aromatic nitrogens is 2. The molecular formula is C15H19N5O. The van der Waals surface area contributed by atoms with E-state index in [0.717, 1.165) is 34.9 Å². The van der Waals surface area contributed by atoms with E-state index in [1.807, 2.05) is 38.2 Å². The van der Waals surface area contributed by atoms with Crippen LogP contribution in [0.15, 0.2) is 35.6 Å². The maximum Gasteiger partial charge on any atom is 0.204 e. The molecule has 110 valence electrons. The molecule has 0 aromatic carbocycles. The second-order valence-corrected chi connectivity index (χ2v) is 4.10. The zero-order valence-corrected chi connectivity index (χ0v) is 12.2. The molecule has 21 heavy (non-hydrogen) atoms. The number of carbonyl (C=O) groups is 1. The minimum atomic E-state index is 0.250. The second kappa shape index (κ2) is 8.42. The molecule has 0 bridgehead atoms. The molecule has 0 aliphatic carbocycles. The third kappa shape index (κ3) is 4.68. The lowest BCUT2D eigenvalue weighted by atomic mass is 10.1. The van der Waals surface area contributed by atoms with Crippen molar-refractivity contribution in [2.24, 2.45) is 10.7 Å². The summed E-state index contributed by atoms with van der Waals surface area (Å²) in [7, 11) is 0. The van der Waals surface area contributed by atoms with Gasteiger partial charge in [-0.05, 0) is 44.3 Å². The largest absolute Gasteiger partial charge is 0.372 e. The molecule has 0 aliphatic heterocycles. The lowest BCUT2D eigenvalue weighted by Gasteiger charge is -2.08. The number of aryl methyl sites for hydroxylation is 1. The third-order valence-corrected chi connectivity index (χ3v) is 2.61. The average molecular weight is 285 g/mol. The van der Waals surface area contributed by atoms with Gasteiger partial charge in [-0.15, -0.1) is 0 Å². The van der Waals surface area contributed by atoms with E-state index in [0.29, 0.717) is 0 Å². The first-order chi connectivity index (χ1) is 10.2. The van der Waals surface area contributed by atoms with Crippen LogP contribution in [0.3, 0.4) is 0 Å². The number of nitrogens with two attached hydrogens (primary N) is 1. The fourth-order valence-electron chi connectivity index (χ4n) is 1.76. The molecule has 0 radical (unpaired) electrons. The predicted molar refractivity (Wildman–Crippen MR) is 85.8 cm³/mol. The summed E-state index contributed by atoms with van der Waals surface area (Å²) in [5.41, 5.74) is 8.02. The molecule has 3 N–H and O–H groups in total. The SMILES string of the molecule is C=Nc1cc(-c2ccnc(C)c2)cnc1NCC.NC=O. The zero-order valence-electron chi connectivity index (χ0n) is 12.2. The van der Waals surface area contributed by atoms with Crippen molar-refractivity contribution in [1.82, 2.24) is 9.97 Å². The molecule has 0 saturated carbocycles. The smallest absolute Gasteiger partial charge is 0.204 e. The normalized spacial score (nSPS) is 9.24. The highest BCUT2D eigenvalue weighted by Gasteiger charge is 2.05. The van der Waals surface area contributed by atoms with Gasteiger partial charge >= 0.3 is 0 Å². The summed E-state index contributed by atoms with van der Waals surface area (Å²) >= 11 is 0. The van der Waals surface area contributed by atoms with Crippen molar-refractivity contribution in [3.63, 3.8) is 0 Å². The first-order valence-electron chi connectivity index (χ1n) is 6.45. The lowest BCUT2D eigenvalue weighted by molar-refractivity contribution is -0.106. The van der Waals surface area contributed by atoms with E-state index < -0.39 is 0 Å². The van der Waals surface area contributed by atoms with Gasteiger partial charge in [0, 0.05) is 30.2 Å². The van der Waals surface area contributed by atoms with E-state index in [1.165, 1.54) is 0 Å². The van der Waals surface area contributed by atoms with Crippen LogP contribution in [-0.2, 0) is 4.79 Å². The topological polar surface area (TPSA) is 93.3 Å². The second-order valence-electron chi connectivity index (χ2n) is 4.10. The Morgan fingerprint density at radius 2 is 2.10 bits per heavy atom. The molecule has 2 aromatic heterocycles. The Labute approximate surface area is 124 Å². The standard InChI is InChI=1S/C14H16N4.CH3NO/c1-4-16-14-13(15-3)8-12(9-18-14)11-5-6-17-10(2)7-11;2-1-3/h5-9H,3-4H2,1-2H3,(H,16,18);1H,(H2,2,3). The van der Waals surface area contributed by atoms with E-state index in [4.69, 9.17) is 4.79 Å². The minimum Gasteiger partial charge on any atom is -0.372 e. The van der Waals surface area contributed by atoms with Crippen molar-refractivity contribution in [1.29, 1.82) is 0 Å². The van der Waals surface area contributed by atoms with Crippen LogP contribution in [-0.4, -0.2) is 29.6 Å². The molecule has 2 aromatic rings. The minimum absolute atomic E-state index is 0.250. The molecule has 6 nitrogen and oxygen atoms in total. The van der Waals surface area contributed by atoms with E-state index >= 15 is 0 Å². The Hall–Kier alpha value is -2.76. The van der Waals surface area contributed by atoms with Crippen molar-refractivity contribution >= 4 is 24.6 Å². The fraction of sp³-hybridized carbons (Fsp3) is 0.200. The maximum absolute atomic E-state index is 8.58. The summed E-state index contributed by atoms with van der Waals surface area (Å²) in [4.78, 5) is 21.2. The maximum atomic E-state index is 8.58. The molecule has 0 saturated heterocycles. The number of primary amides is 1. The molecular weight excluding hydrogens is 266 g/mol. The number of pyridine rings is 2. The quantitative estimate of drug-likeness (QED) is 0.666. The van der Waals surface area contributed by atoms with Crippen molar-refractivity contribution in [3.8, 4) is 11.1 Å². The van der Waals surface area contributed by atoms with Crippen molar-refractivity contribution in [2.45, 2.75) is 13.8 Å². The van der Waals surface area contributed by atoms with Crippen LogP contribution in [0.1, 0.15) is 12.6 Å². The van der Waals surface area contributed by atoms with Crippen LogP contribution < -0.4 is 11.1 Å². The van der Waals surface area contributed by atoms with Gasteiger partial charge in [-0.3, -0.25) is 14.8 Å². The van der Waals surface area contributed by atoms with Gasteiger partial charge in [0.15, 0.2) is 5.82 Å². The van der Waals surface area contributed by atoms with Crippen LogP contribution in [0.5, 0.6) is 0 Å². The van der Waals surface area contributed by atoms with Crippen molar-refractivity contribution in [2.75, 3.05) is 11.9 Å². The van der Waals surface area contributed by atoms with Crippen LogP contribution in [0.2, 0.25) is 0 Å². The summed E-state index contributed by atoms with van der Waals surface area (Å²) in [6.45, 7) is 8.38. The summed E-state index contributed by atoms with van der Waals surface area (Å²) in [6, 6.07) is 5.97. The Morgan fingerprint density at radius 3 is 2.67 bits per heavy atom. The zero-order chi connectivity index (χ0) is 15.7. The van der Waals surface area contributed by atoms with Gasteiger partial charge in [-0.1, -0.05) is 0 Å². The number of hydrogen-bond donors (Lipinski definition) is 2. The van der Waals surface area contributed by atoms with Gasteiger partial charge in [0.1, 0.15) is 5.69 Å². The molecule has 0 spiro atoms. The number of rotatable bonds is 4. The van der Waals surface area contributed by atoms with E-state index in [9.17, 15) is 0 Å². The van der Waals surface area contributed by atoms with E-state index in [-0.39, 0.29) is 6.41 Å².